The molecule has 1 heterocycles. The maximum absolute atomic E-state index is 10.9. The minimum absolute atomic E-state index is 0.0538. The lowest BCUT2D eigenvalue weighted by Gasteiger charge is -2.02. The third kappa shape index (κ3) is 3.30. The van der Waals surface area contributed by atoms with Crippen molar-refractivity contribution in [1.82, 2.24) is 4.98 Å². The third-order valence-corrected chi connectivity index (χ3v) is 3.62. The first-order valence-corrected chi connectivity index (χ1v) is 6.69. The van der Waals surface area contributed by atoms with Crippen molar-refractivity contribution in [3.8, 4) is 6.07 Å². The molecule has 0 aliphatic heterocycles. The summed E-state index contributed by atoms with van der Waals surface area (Å²) in [6.07, 6.45) is 1.65. The molecule has 0 aliphatic carbocycles. The van der Waals surface area contributed by atoms with E-state index in [1.165, 1.54) is 23.9 Å². The summed E-state index contributed by atoms with van der Waals surface area (Å²) in [6.45, 7) is 0. The summed E-state index contributed by atoms with van der Waals surface area (Å²) in [6, 6.07) is 9.94. The van der Waals surface area contributed by atoms with Gasteiger partial charge in [-0.2, -0.15) is 5.26 Å². The van der Waals surface area contributed by atoms with Gasteiger partial charge in [0.2, 0.25) is 0 Å². The monoisotopic (exact) mass is 335 g/mol. The molecule has 19 heavy (non-hydrogen) atoms. The highest BCUT2D eigenvalue weighted by molar-refractivity contribution is 9.10. The molecular weight excluding hydrogens is 330 g/mol. The molecule has 0 amide bonds. The summed E-state index contributed by atoms with van der Waals surface area (Å²) >= 11 is 4.58. The van der Waals surface area contributed by atoms with Gasteiger partial charge in [0.05, 0.1) is 4.92 Å². The number of benzene rings is 1. The van der Waals surface area contributed by atoms with Gasteiger partial charge in [0.15, 0.2) is 0 Å². The Kier molecular flexibility index (Phi) is 4.14. The Morgan fingerprint density at radius 3 is 2.74 bits per heavy atom. The van der Waals surface area contributed by atoms with Crippen LogP contribution in [-0.2, 0) is 0 Å². The van der Waals surface area contributed by atoms with E-state index in [0.29, 0.717) is 4.90 Å². The molecule has 1 aromatic carbocycles. The van der Waals surface area contributed by atoms with Crippen LogP contribution >= 0.6 is 27.7 Å². The Morgan fingerprint density at radius 1 is 1.37 bits per heavy atom. The van der Waals surface area contributed by atoms with Crippen LogP contribution in [0.2, 0.25) is 0 Å². The van der Waals surface area contributed by atoms with Gasteiger partial charge in [0.1, 0.15) is 16.7 Å². The van der Waals surface area contributed by atoms with E-state index in [9.17, 15) is 10.1 Å². The molecule has 1 aromatic heterocycles. The average molecular weight is 336 g/mol. The first-order chi connectivity index (χ1) is 9.10. The molecule has 2 rings (SSSR count). The van der Waals surface area contributed by atoms with Crippen LogP contribution in [0.4, 0.5) is 5.69 Å². The molecule has 0 saturated carbocycles. The van der Waals surface area contributed by atoms with Crippen molar-refractivity contribution in [2.75, 3.05) is 0 Å². The standard InChI is InChI=1S/C12H6BrN3O2S/c13-9-2-4-12(15-7-9)19-10-3-1-8(6-14)11(5-10)16(17)18/h1-5,7H. The number of hydrogen-bond donors (Lipinski definition) is 0. The highest BCUT2D eigenvalue weighted by Gasteiger charge is 2.14. The van der Waals surface area contributed by atoms with Crippen molar-refractivity contribution >= 4 is 33.4 Å². The summed E-state index contributed by atoms with van der Waals surface area (Å²) in [5.41, 5.74) is -0.136. The van der Waals surface area contributed by atoms with Crippen LogP contribution in [0.15, 0.2) is 50.9 Å². The molecule has 0 N–H and O–H groups in total. The maximum Gasteiger partial charge on any atom is 0.288 e. The summed E-state index contributed by atoms with van der Waals surface area (Å²) < 4.78 is 0.864. The van der Waals surface area contributed by atoms with Gasteiger partial charge < -0.3 is 0 Å². The van der Waals surface area contributed by atoms with Crippen LogP contribution in [-0.4, -0.2) is 9.91 Å². The van der Waals surface area contributed by atoms with Gasteiger partial charge >= 0.3 is 0 Å². The molecule has 0 spiro atoms. The summed E-state index contributed by atoms with van der Waals surface area (Å²) in [5, 5.41) is 20.4. The van der Waals surface area contributed by atoms with Crippen LogP contribution in [0.1, 0.15) is 5.56 Å². The molecule has 5 nitrogen and oxygen atoms in total. The largest absolute Gasteiger partial charge is 0.288 e. The Morgan fingerprint density at radius 2 is 2.16 bits per heavy atom. The van der Waals surface area contributed by atoms with Gasteiger partial charge in [-0.25, -0.2) is 4.98 Å². The van der Waals surface area contributed by atoms with Gasteiger partial charge in [-0.1, -0.05) is 11.8 Å². The smallest absolute Gasteiger partial charge is 0.258 e. The van der Waals surface area contributed by atoms with Crippen molar-refractivity contribution in [2.24, 2.45) is 0 Å². The highest BCUT2D eigenvalue weighted by atomic mass is 79.9. The molecule has 0 aliphatic rings. The van der Waals surface area contributed by atoms with E-state index in [4.69, 9.17) is 5.26 Å². The van der Waals surface area contributed by atoms with Crippen LogP contribution in [0.25, 0.3) is 0 Å². The molecule has 0 atom stereocenters. The zero-order chi connectivity index (χ0) is 13.8. The fraction of sp³-hybridized carbons (Fsp3) is 0. The molecule has 0 saturated heterocycles. The van der Waals surface area contributed by atoms with E-state index in [1.54, 1.807) is 24.4 Å². The number of halogens is 1. The number of nitro benzene ring substituents is 1. The molecule has 0 unspecified atom stereocenters. The van der Waals surface area contributed by atoms with Gasteiger partial charge in [-0.05, 0) is 40.2 Å². The second-order valence-electron chi connectivity index (χ2n) is 3.46. The second-order valence-corrected chi connectivity index (χ2v) is 5.47. The van der Waals surface area contributed by atoms with Gasteiger partial charge in [0, 0.05) is 21.6 Å². The summed E-state index contributed by atoms with van der Waals surface area (Å²) in [4.78, 5) is 15.1. The Hall–Kier alpha value is -1.91. The molecule has 0 radical (unpaired) electrons. The number of rotatable bonds is 3. The topological polar surface area (TPSA) is 79.8 Å². The van der Waals surface area contributed by atoms with Crippen molar-refractivity contribution in [2.45, 2.75) is 9.92 Å². The lowest BCUT2D eigenvalue weighted by Crippen LogP contribution is -1.92. The number of nitriles is 1. The third-order valence-electron chi connectivity index (χ3n) is 2.21. The lowest BCUT2D eigenvalue weighted by atomic mass is 10.2. The Bertz CT molecular complexity index is 668. The maximum atomic E-state index is 10.9. The van der Waals surface area contributed by atoms with Crippen LogP contribution in [0.5, 0.6) is 0 Å². The van der Waals surface area contributed by atoms with Crippen molar-refractivity contribution in [1.29, 1.82) is 5.26 Å². The first-order valence-electron chi connectivity index (χ1n) is 5.08. The second kappa shape index (κ2) is 5.82. The van der Waals surface area contributed by atoms with E-state index in [1.807, 2.05) is 6.07 Å². The number of aromatic nitrogens is 1. The summed E-state index contributed by atoms with van der Waals surface area (Å²) in [5.74, 6) is 0. The van der Waals surface area contributed by atoms with E-state index in [-0.39, 0.29) is 11.3 Å². The molecule has 2 aromatic rings. The molecule has 0 fully saturated rings. The van der Waals surface area contributed by atoms with E-state index < -0.39 is 4.92 Å². The number of nitrogens with zero attached hydrogens (tertiary/aromatic N) is 3. The van der Waals surface area contributed by atoms with E-state index in [2.05, 4.69) is 20.9 Å². The van der Waals surface area contributed by atoms with Crippen LogP contribution < -0.4 is 0 Å². The predicted octanol–water partition coefficient (Wildman–Crippen LogP) is 3.78. The zero-order valence-corrected chi connectivity index (χ0v) is 11.8. The molecule has 94 valence electrons. The quantitative estimate of drug-likeness (QED) is 0.629. The average Bonchev–Trinajstić information content (AvgIpc) is 2.41. The minimum Gasteiger partial charge on any atom is -0.258 e. The fourth-order valence-corrected chi connectivity index (χ4v) is 2.39. The number of hydrogen-bond acceptors (Lipinski definition) is 5. The SMILES string of the molecule is N#Cc1ccc(Sc2ccc(Br)cn2)cc1[N+](=O)[O-]. The predicted molar refractivity (Wildman–Crippen MR) is 73.9 cm³/mol. The van der Waals surface area contributed by atoms with Crippen molar-refractivity contribution in [3.63, 3.8) is 0 Å². The number of pyridine rings is 1. The fourth-order valence-electron chi connectivity index (χ4n) is 1.36. The highest BCUT2D eigenvalue weighted by Crippen LogP contribution is 2.30. The lowest BCUT2D eigenvalue weighted by molar-refractivity contribution is -0.385. The van der Waals surface area contributed by atoms with Gasteiger partial charge in [-0.15, -0.1) is 0 Å². The number of nitro groups is 1. The van der Waals surface area contributed by atoms with E-state index in [0.717, 1.165) is 9.50 Å². The van der Waals surface area contributed by atoms with Crippen LogP contribution in [0, 0.1) is 21.4 Å². The molecule has 0 bridgehead atoms. The van der Waals surface area contributed by atoms with Crippen LogP contribution in [0.3, 0.4) is 0 Å². The summed E-state index contributed by atoms with van der Waals surface area (Å²) in [7, 11) is 0. The molecule has 7 heteroatoms. The Labute approximate surface area is 121 Å². The molecular formula is C12H6BrN3O2S. The van der Waals surface area contributed by atoms with Gasteiger partial charge in [-0.3, -0.25) is 10.1 Å². The van der Waals surface area contributed by atoms with Crippen molar-refractivity contribution < 1.29 is 4.92 Å². The zero-order valence-electron chi connectivity index (χ0n) is 9.41. The first kappa shape index (κ1) is 13.5. The van der Waals surface area contributed by atoms with E-state index >= 15 is 0 Å². The normalized spacial score (nSPS) is 9.89. The minimum atomic E-state index is -0.558. The van der Waals surface area contributed by atoms with Crippen molar-refractivity contribution in [3.05, 3.63) is 56.7 Å². The van der Waals surface area contributed by atoms with Gasteiger partial charge in [0.25, 0.3) is 5.69 Å². The Balaban J connectivity index is 2.31.